The van der Waals surface area contributed by atoms with Gasteiger partial charge >= 0.3 is 0 Å². The first kappa shape index (κ1) is 30.1. The van der Waals surface area contributed by atoms with Gasteiger partial charge in [0.25, 0.3) is 11.8 Å². The zero-order chi connectivity index (χ0) is 33.0. The Bertz CT molecular complexity index is 1970. The van der Waals surface area contributed by atoms with Gasteiger partial charge in [0.15, 0.2) is 0 Å². The molecule has 2 N–H and O–H groups in total. The van der Waals surface area contributed by atoms with Crippen LogP contribution in [0.4, 0.5) is 22.7 Å². The molecule has 8 heteroatoms. The Morgan fingerprint density at radius 1 is 0.458 bits per heavy atom. The van der Waals surface area contributed by atoms with Gasteiger partial charge in [-0.05, 0) is 61.4 Å². The SMILES string of the molecule is CC1=NN(c2ccccc2)C(=O)C1=C(Nc1ccccc1NC(=C1C(=O)N(c2ccccc2)N=C1C)c1ccccc1)c1ccccc1. The Hall–Kier alpha value is -6.54. The van der Waals surface area contributed by atoms with Crippen molar-refractivity contribution in [2.75, 3.05) is 20.7 Å². The molecule has 48 heavy (non-hydrogen) atoms. The highest BCUT2D eigenvalue weighted by Gasteiger charge is 2.34. The van der Waals surface area contributed by atoms with Crippen molar-refractivity contribution in [2.45, 2.75) is 13.8 Å². The summed E-state index contributed by atoms with van der Waals surface area (Å²) < 4.78 is 0. The van der Waals surface area contributed by atoms with E-state index >= 15 is 0 Å². The first-order valence-electron chi connectivity index (χ1n) is 15.6. The number of hydrogen-bond donors (Lipinski definition) is 2. The Labute approximate surface area is 279 Å². The van der Waals surface area contributed by atoms with Gasteiger partial charge in [0, 0.05) is 0 Å². The zero-order valence-corrected chi connectivity index (χ0v) is 26.5. The van der Waals surface area contributed by atoms with Crippen molar-refractivity contribution in [3.8, 4) is 0 Å². The van der Waals surface area contributed by atoms with Crippen molar-refractivity contribution in [3.63, 3.8) is 0 Å². The third-order valence-corrected chi connectivity index (χ3v) is 8.11. The molecule has 2 aliphatic rings. The van der Waals surface area contributed by atoms with E-state index in [0.29, 0.717) is 56.7 Å². The first-order chi connectivity index (χ1) is 23.5. The molecule has 2 heterocycles. The van der Waals surface area contributed by atoms with E-state index in [-0.39, 0.29) is 11.8 Å². The summed E-state index contributed by atoms with van der Waals surface area (Å²) in [6, 6.07) is 46.0. The lowest BCUT2D eigenvalue weighted by Gasteiger charge is -2.21. The van der Waals surface area contributed by atoms with Gasteiger partial charge in [0.2, 0.25) is 0 Å². The number of nitrogens with one attached hydrogen (secondary N) is 2. The molecule has 7 rings (SSSR count). The molecule has 5 aromatic rings. The number of amides is 2. The average Bonchev–Trinajstić information content (AvgIpc) is 3.60. The minimum atomic E-state index is -0.230. The predicted octanol–water partition coefficient (Wildman–Crippen LogP) is 8.18. The van der Waals surface area contributed by atoms with Crippen LogP contribution in [0.25, 0.3) is 11.4 Å². The minimum absolute atomic E-state index is 0.230. The van der Waals surface area contributed by atoms with Gasteiger partial charge in [0.05, 0.1) is 56.7 Å². The lowest BCUT2D eigenvalue weighted by atomic mass is 10.0. The van der Waals surface area contributed by atoms with E-state index in [9.17, 15) is 9.59 Å². The molecule has 0 fully saturated rings. The van der Waals surface area contributed by atoms with E-state index in [4.69, 9.17) is 0 Å². The van der Waals surface area contributed by atoms with Crippen LogP contribution in [0.5, 0.6) is 0 Å². The molecular weight excluding hydrogens is 596 g/mol. The summed E-state index contributed by atoms with van der Waals surface area (Å²) in [5.74, 6) is -0.459. The van der Waals surface area contributed by atoms with Crippen LogP contribution in [-0.4, -0.2) is 23.2 Å². The van der Waals surface area contributed by atoms with Crippen molar-refractivity contribution in [1.82, 2.24) is 0 Å². The average molecular weight is 629 g/mol. The fourth-order valence-electron chi connectivity index (χ4n) is 5.81. The van der Waals surface area contributed by atoms with Gasteiger partial charge in [-0.25, -0.2) is 0 Å². The maximum Gasteiger partial charge on any atom is 0.282 e. The highest BCUT2D eigenvalue weighted by molar-refractivity contribution is 6.35. The Morgan fingerprint density at radius 3 is 1.12 bits per heavy atom. The van der Waals surface area contributed by atoms with Crippen LogP contribution in [0.2, 0.25) is 0 Å². The summed E-state index contributed by atoms with van der Waals surface area (Å²) in [5, 5.41) is 19.3. The second-order valence-corrected chi connectivity index (χ2v) is 11.3. The van der Waals surface area contributed by atoms with Crippen molar-refractivity contribution >= 4 is 57.4 Å². The van der Waals surface area contributed by atoms with Crippen LogP contribution < -0.4 is 20.7 Å². The standard InChI is InChI=1S/C40H32N6O2/c1-27-35(39(47)45(43-27)31-21-11-5-12-22-31)37(29-17-7-3-8-18-29)41-33-25-15-16-26-34(33)42-38(30-19-9-4-10-20-30)36-28(2)44-46(40(36)48)32-23-13-6-14-24-32/h3-26,41-42H,1-2H3. The maximum absolute atomic E-state index is 14.0. The zero-order valence-electron chi connectivity index (χ0n) is 26.5. The molecule has 2 aliphatic heterocycles. The Morgan fingerprint density at radius 2 is 0.771 bits per heavy atom. The molecule has 0 aromatic heterocycles. The highest BCUT2D eigenvalue weighted by atomic mass is 16.2. The fourth-order valence-corrected chi connectivity index (χ4v) is 5.81. The van der Waals surface area contributed by atoms with Crippen LogP contribution in [0.3, 0.4) is 0 Å². The molecule has 0 saturated carbocycles. The normalized spacial score (nSPS) is 16.5. The number of benzene rings is 5. The van der Waals surface area contributed by atoms with Crippen LogP contribution in [0.15, 0.2) is 167 Å². The van der Waals surface area contributed by atoms with Crippen LogP contribution >= 0.6 is 0 Å². The number of hydrogen-bond acceptors (Lipinski definition) is 6. The number of carbonyl (C=O) groups is 2. The molecule has 8 nitrogen and oxygen atoms in total. The fraction of sp³-hybridized carbons (Fsp3) is 0.0500. The molecule has 0 aliphatic carbocycles. The van der Waals surface area contributed by atoms with Gasteiger partial charge in [-0.15, -0.1) is 0 Å². The van der Waals surface area contributed by atoms with Crippen molar-refractivity contribution < 1.29 is 9.59 Å². The van der Waals surface area contributed by atoms with Gasteiger partial charge in [-0.3, -0.25) is 9.59 Å². The number of hydrazone groups is 2. The maximum atomic E-state index is 14.0. The molecule has 0 unspecified atom stereocenters. The summed E-state index contributed by atoms with van der Waals surface area (Å²) >= 11 is 0. The number of carbonyl (C=O) groups excluding carboxylic acids is 2. The molecule has 0 saturated heterocycles. The molecule has 2 amide bonds. The molecular formula is C40H32N6O2. The summed E-state index contributed by atoms with van der Waals surface area (Å²) in [6.07, 6.45) is 0. The molecule has 0 spiro atoms. The van der Waals surface area contributed by atoms with Gasteiger partial charge in [0.1, 0.15) is 0 Å². The molecule has 5 aromatic carbocycles. The number of rotatable bonds is 8. The van der Waals surface area contributed by atoms with E-state index in [1.807, 2.05) is 159 Å². The van der Waals surface area contributed by atoms with Crippen LogP contribution in [0.1, 0.15) is 25.0 Å². The Balaban J connectivity index is 1.32. The van der Waals surface area contributed by atoms with Crippen molar-refractivity contribution in [2.24, 2.45) is 10.2 Å². The Kier molecular flexibility index (Phi) is 8.20. The smallest absolute Gasteiger partial charge is 0.282 e. The summed E-state index contributed by atoms with van der Waals surface area (Å²) in [7, 11) is 0. The molecule has 0 radical (unpaired) electrons. The second-order valence-electron chi connectivity index (χ2n) is 11.3. The summed E-state index contributed by atoms with van der Waals surface area (Å²) in [6.45, 7) is 3.68. The number of nitrogens with zero attached hydrogens (tertiary/aromatic N) is 4. The first-order valence-corrected chi connectivity index (χ1v) is 15.6. The largest absolute Gasteiger partial charge is 0.353 e. The third kappa shape index (κ3) is 5.78. The van der Waals surface area contributed by atoms with Crippen LogP contribution in [-0.2, 0) is 9.59 Å². The third-order valence-electron chi connectivity index (χ3n) is 8.11. The number of anilines is 4. The molecule has 234 valence electrons. The summed E-state index contributed by atoms with van der Waals surface area (Å²) in [5.41, 5.74) is 7.80. The minimum Gasteiger partial charge on any atom is -0.353 e. The van der Waals surface area contributed by atoms with E-state index in [2.05, 4.69) is 20.8 Å². The topological polar surface area (TPSA) is 89.4 Å². The van der Waals surface area contributed by atoms with Crippen molar-refractivity contribution in [3.05, 3.63) is 168 Å². The van der Waals surface area contributed by atoms with Gasteiger partial charge in [-0.2, -0.15) is 20.2 Å². The predicted molar refractivity (Wildman–Crippen MR) is 194 cm³/mol. The lowest BCUT2D eigenvalue weighted by Crippen LogP contribution is -2.23. The van der Waals surface area contributed by atoms with Gasteiger partial charge in [-0.1, -0.05) is 109 Å². The van der Waals surface area contributed by atoms with Crippen LogP contribution in [0, 0.1) is 0 Å². The van der Waals surface area contributed by atoms with E-state index in [1.165, 1.54) is 10.0 Å². The molecule has 0 bridgehead atoms. The number of para-hydroxylation sites is 4. The second kappa shape index (κ2) is 13.1. The van der Waals surface area contributed by atoms with Crippen molar-refractivity contribution in [1.29, 1.82) is 0 Å². The monoisotopic (exact) mass is 628 g/mol. The summed E-state index contributed by atoms with van der Waals surface area (Å²) in [4.78, 5) is 28.0. The van der Waals surface area contributed by atoms with E-state index in [1.54, 1.807) is 0 Å². The van der Waals surface area contributed by atoms with Gasteiger partial charge < -0.3 is 10.6 Å². The quantitative estimate of drug-likeness (QED) is 0.170. The lowest BCUT2D eigenvalue weighted by molar-refractivity contribution is -0.115. The van der Waals surface area contributed by atoms with E-state index in [0.717, 1.165) is 11.1 Å². The molecule has 0 atom stereocenters. The highest BCUT2D eigenvalue weighted by Crippen LogP contribution is 2.36. The van der Waals surface area contributed by atoms with E-state index < -0.39 is 0 Å².